The minimum Gasteiger partial charge on any atom is -0.0776 e. The summed E-state index contributed by atoms with van der Waals surface area (Å²) in [4.78, 5) is 0. The van der Waals surface area contributed by atoms with Gasteiger partial charge in [0.25, 0.3) is 0 Å². The van der Waals surface area contributed by atoms with Crippen LogP contribution < -0.4 is 0 Å². The molecule has 0 saturated heterocycles. The summed E-state index contributed by atoms with van der Waals surface area (Å²) in [7, 11) is 0. The molecule has 212 valence electrons. The third kappa shape index (κ3) is 4.74. The quantitative estimate of drug-likeness (QED) is 0.177. The van der Waals surface area contributed by atoms with Crippen LogP contribution in [0, 0.1) is 41.5 Å². The number of aryl methyl sites for hydroxylation is 6. The van der Waals surface area contributed by atoms with E-state index in [2.05, 4.69) is 126 Å². The van der Waals surface area contributed by atoms with E-state index in [1.165, 1.54) is 99.4 Å². The third-order valence-electron chi connectivity index (χ3n) is 8.98. The highest BCUT2D eigenvalue weighted by Gasteiger charge is 2.23. The summed E-state index contributed by atoms with van der Waals surface area (Å²) >= 11 is 0. The van der Waals surface area contributed by atoms with Gasteiger partial charge >= 0.3 is 0 Å². The fourth-order valence-electron chi connectivity index (χ4n) is 7.13. The Hall–Kier alpha value is -4.16. The molecule has 0 unspecified atom stereocenters. The number of rotatable bonds is 0. The highest BCUT2D eigenvalue weighted by molar-refractivity contribution is 6.04. The molecule has 42 heavy (non-hydrogen) atoms. The van der Waals surface area contributed by atoms with Crippen LogP contribution in [0.3, 0.4) is 0 Å². The van der Waals surface area contributed by atoms with Crippen molar-refractivity contribution in [3.8, 4) is 22.3 Å². The van der Waals surface area contributed by atoms with E-state index in [1.54, 1.807) is 0 Å². The lowest BCUT2D eigenvalue weighted by Gasteiger charge is -2.11. The van der Waals surface area contributed by atoms with Crippen LogP contribution in [0.4, 0.5) is 0 Å². The summed E-state index contributed by atoms with van der Waals surface area (Å²) in [6.07, 6.45) is 2.16. The van der Waals surface area contributed by atoms with Gasteiger partial charge in [-0.15, -0.1) is 0 Å². The Balaban J connectivity index is 0.000000160. The molecule has 0 saturated carbocycles. The molecule has 0 nitrogen and oxygen atoms in total. The van der Waals surface area contributed by atoms with Crippen molar-refractivity contribution in [2.75, 3.05) is 0 Å². The van der Waals surface area contributed by atoms with E-state index in [9.17, 15) is 0 Å². The van der Waals surface area contributed by atoms with Crippen molar-refractivity contribution in [1.29, 1.82) is 0 Å². The van der Waals surface area contributed by atoms with Crippen molar-refractivity contribution in [3.05, 3.63) is 141 Å². The molecule has 6 aromatic carbocycles. The number of hydrogen-bond acceptors (Lipinski definition) is 0. The van der Waals surface area contributed by atoms with Gasteiger partial charge in [-0.25, -0.2) is 0 Å². The van der Waals surface area contributed by atoms with Crippen LogP contribution in [0.25, 0.3) is 43.8 Å². The first-order valence-corrected chi connectivity index (χ1v) is 14.5. The monoisotopic (exact) mass is 548 g/mol. The Morgan fingerprint density at radius 1 is 0.357 bits per heavy atom. The SMILES string of the molecule is C.C.Cc1ccc2c(c1)Cc1cc(C)c3cc(C)ccc3c1-2.Cc1ccc2c(c1)Cc1cc(C)c3ccc(C)cc3c1-2. The zero-order valence-corrected chi connectivity index (χ0v) is 24.5. The maximum absolute atomic E-state index is 2.38. The summed E-state index contributed by atoms with van der Waals surface area (Å²) in [6, 6.07) is 32.2. The first kappa shape index (κ1) is 29.3. The molecule has 0 atom stereocenters. The molecule has 2 aliphatic carbocycles. The lowest BCUT2D eigenvalue weighted by molar-refractivity contribution is 1.24. The Morgan fingerprint density at radius 2 is 0.762 bits per heavy atom. The maximum atomic E-state index is 2.38. The zero-order valence-electron chi connectivity index (χ0n) is 24.5. The highest BCUT2D eigenvalue weighted by Crippen LogP contribution is 2.44. The van der Waals surface area contributed by atoms with Crippen molar-refractivity contribution in [1.82, 2.24) is 0 Å². The van der Waals surface area contributed by atoms with Crippen LogP contribution in [0.1, 0.15) is 70.5 Å². The van der Waals surface area contributed by atoms with Crippen LogP contribution in [0.2, 0.25) is 0 Å². The van der Waals surface area contributed by atoms with Crippen molar-refractivity contribution in [2.45, 2.75) is 69.2 Å². The normalized spacial score (nSPS) is 12.0. The van der Waals surface area contributed by atoms with Gasteiger partial charge in [-0.2, -0.15) is 0 Å². The van der Waals surface area contributed by atoms with Gasteiger partial charge in [0.15, 0.2) is 0 Å². The lowest BCUT2D eigenvalue weighted by atomic mass is 9.93. The topological polar surface area (TPSA) is 0 Å². The van der Waals surface area contributed by atoms with Gasteiger partial charge in [0.05, 0.1) is 0 Å². The van der Waals surface area contributed by atoms with Gasteiger partial charge in [0.2, 0.25) is 0 Å². The van der Waals surface area contributed by atoms with Gasteiger partial charge in [-0.3, -0.25) is 0 Å². The Labute approximate surface area is 253 Å². The first-order chi connectivity index (χ1) is 19.3. The van der Waals surface area contributed by atoms with E-state index >= 15 is 0 Å². The van der Waals surface area contributed by atoms with Crippen LogP contribution in [-0.2, 0) is 12.8 Å². The summed E-state index contributed by atoms with van der Waals surface area (Å²) in [5.74, 6) is 0. The predicted octanol–water partition coefficient (Wildman–Crippen LogP) is 11.9. The second-order valence-electron chi connectivity index (χ2n) is 12.2. The van der Waals surface area contributed by atoms with E-state index in [4.69, 9.17) is 0 Å². The molecule has 0 fully saturated rings. The number of benzene rings is 6. The molecule has 0 heterocycles. The molecule has 0 aromatic heterocycles. The molecule has 0 amide bonds. The molecule has 0 heteroatoms. The number of fused-ring (bicyclic) bond motifs is 10. The van der Waals surface area contributed by atoms with Gasteiger partial charge in [-0.05, 0) is 132 Å². The Bertz CT molecular complexity index is 2000. The zero-order chi connectivity index (χ0) is 27.7. The van der Waals surface area contributed by atoms with Crippen LogP contribution in [0.5, 0.6) is 0 Å². The number of hydrogen-bond donors (Lipinski definition) is 0. The van der Waals surface area contributed by atoms with Crippen molar-refractivity contribution in [2.24, 2.45) is 0 Å². The molecule has 0 spiro atoms. The van der Waals surface area contributed by atoms with Crippen LogP contribution >= 0.6 is 0 Å². The van der Waals surface area contributed by atoms with Gasteiger partial charge in [0.1, 0.15) is 0 Å². The predicted molar refractivity (Wildman–Crippen MR) is 186 cm³/mol. The van der Waals surface area contributed by atoms with Crippen LogP contribution in [-0.4, -0.2) is 0 Å². The van der Waals surface area contributed by atoms with E-state index in [1.807, 2.05) is 0 Å². The van der Waals surface area contributed by atoms with E-state index in [0.717, 1.165) is 12.8 Å². The molecule has 0 N–H and O–H groups in total. The highest BCUT2D eigenvalue weighted by atomic mass is 14.3. The summed E-state index contributed by atoms with van der Waals surface area (Å²) in [6.45, 7) is 13.2. The fourth-order valence-corrected chi connectivity index (χ4v) is 7.13. The second-order valence-corrected chi connectivity index (χ2v) is 12.2. The average molecular weight is 549 g/mol. The molecular formula is C42H44. The average Bonchev–Trinajstić information content (AvgIpc) is 3.45. The van der Waals surface area contributed by atoms with E-state index in [0.29, 0.717) is 0 Å². The minimum absolute atomic E-state index is 0. The lowest BCUT2D eigenvalue weighted by Crippen LogP contribution is -1.87. The van der Waals surface area contributed by atoms with Gasteiger partial charge < -0.3 is 0 Å². The van der Waals surface area contributed by atoms with Crippen molar-refractivity contribution >= 4 is 21.5 Å². The Kier molecular flexibility index (Phi) is 7.62. The largest absolute Gasteiger partial charge is 0.0776 e. The van der Waals surface area contributed by atoms with E-state index in [-0.39, 0.29) is 14.9 Å². The van der Waals surface area contributed by atoms with E-state index < -0.39 is 0 Å². The molecule has 0 bridgehead atoms. The van der Waals surface area contributed by atoms with Crippen molar-refractivity contribution in [3.63, 3.8) is 0 Å². The van der Waals surface area contributed by atoms with Gasteiger partial charge in [-0.1, -0.05) is 122 Å². The smallest absolute Gasteiger partial charge is 0.00130 e. The molecule has 6 aromatic rings. The summed E-state index contributed by atoms with van der Waals surface area (Å²) in [5, 5.41) is 5.62. The Morgan fingerprint density at radius 3 is 1.31 bits per heavy atom. The first-order valence-electron chi connectivity index (χ1n) is 14.5. The van der Waals surface area contributed by atoms with Crippen LogP contribution in [0.15, 0.2) is 84.9 Å². The third-order valence-corrected chi connectivity index (χ3v) is 8.98. The summed E-state index contributed by atoms with van der Waals surface area (Å²) < 4.78 is 0. The molecular weight excluding hydrogens is 504 g/mol. The minimum atomic E-state index is 0. The summed E-state index contributed by atoms with van der Waals surface area (Å²) in [5.41, 5.74) is 19.9. The second kappa shape index (κ2) is 10.9. The molecule has 8 rings (SSSR count). The van der Waals surface area contributed by atoms with Crippen molar-refractivity contribution < 1.29 is 0 Å². The maximum Gasteiger partial charge on any atom is -0.00130 e. The molecule has 0 aliphatic heterocycles. The molecule has 2 aliphatic rings. The van der Waals surface area contributed by atoms with Gasteiger partial charge in [0, 0.05) is 0 Å². The molecule has 0 radical (unpaired) electrons. The standard InChI is InChI=1S/2C20H18.2CH4/c1-12-5-7-18-15(8-12)11-16-10-14(3)17-6-4-13(2)9-19(17)20(16)18;1-12-4-6-17-15(8-12)11-16-10-14(3)19-9-13(2)5-7-18(19)20(16)17;;/h2*4-10H,11H2,1-3H3;2*1H4. The fraction of sp³-hybridized carbons (Fsp3) is 0.238.